The highest BCUT2D eigenvalue weighted by Gasteiger charge is 2.27. The third-order valence-electron chi connectivity index (χ3n) is 9.14. The number of aromatic hydroxyl groups is 2. The van der Waals surface area contributed by atoms with Crippen molar-refractivity contribution in [2.75, 3.05) is 0 Å². The first kappa shape index (κ1) is 35.2. The van der Waals surface area contributed by atoms with E-state index in [0.29, 0.717) is 11.5 Å². The van der Waals surface area contributed by atoms with E-state index in [4.69, 9.17) is 0 Å². The van der Waals surface area contributed by atoms with Gasteiger partial charge in [-0.2, -0.15) is 0 Å². The topological polar surface area (TPSA) is 40.5 Å². The Kier molecular flexibility index (Phi) is 16.6. The normalized spacial score (nSPS) is 11.6. The van der Waals surface area contributed by atoms with Crippen molar-refractivity contribution in [3.05, 3.63) is 56.6 Å². The van der Waals surface area contributed by atoms with Gasteiger partial charge in [0.25, 0.3) is 0 Å². The summed E-state index contributed by atoms with van der Waals surface area (Å²) in [4.78, 5) is 0. The van der Waals surface area contributed by atoms with Crippen molar-refractivity contribution in [1.29, 1.82) is 0 Å². The Labute approximate surface area is 254 Å². The molecule has 0 unspecified atom stereocenters. The number of unbranched alkanes of at least 4 members (excludes halogenated alkanes) is 6. The van der Waals surface area contributed by atoms with E-state index in [1.165, 1.54) is 33.4 Å². The van der Waals surface area contributed by atoms with Gasteiger partial charge >= 0.3 is 0 Å². The van der Waals surface area contributed by atoms with Crippen LogP contribution in [0, 0.1) is 0 Å². The molecule has 0 saturated carbocycles. The van der Waals surface area contributed by atoms with Crippen molar-refractivity contribution in [2.45, 2.75) is 176 Å². The highest BCUT2D eigenvalue weighted by atomic mass is 16.3. The molecule has 0 bridgehead atoms. The molecule has 0 fully saturated rings. The Morgan fingerprint density at radius 3 is 1.02 bits per heavy atom. The van der Waals surface area contributed by atoms with Crippen LogP contribution in [0.1, 0.15) is 182 Å². The van der Waals surface area contributed by atoms with E-state index in [2.05, 4.69) is 60.6 Å². The van der Waals surface area contributed by atoms with Crippen LogP contribution in [0.5, 0.6) is 11.5 Å². The summed E-state index contributed by atoms with van der Waals surface area (Å²) in [7, 11) is 0. The summed E-state index contributed by atoms with van der Waals surface area (Å²) in [5.74, 6) is 1.46. The summed E-state index contributed by atoms with van der Waals surface area (Å²) in [5, 5.41) is 23.3. The molecule has 2 rings (SSSR count). The maximum Gasteiger partial charge on any atom is 0.122 e. The van der Waals surface area contributed by atoms with E-state index in [1.54, 1.807) is 0 Å². The first-order valence-electron chi connectivity index (χ1n) is 17.7. The van der Waals surface area contributed by atoms with E-state index in [1.807, 2.05) is 0 Å². The van der Waals surface area contributed by atoms with E-state index in [0.717, 1.165) is 133 Å². The smallest absolute Gasteiger partial charge is 0.122 e. The van der Waals surface area contributed by atoms with Crippen molar-refractivity contribution in [3.8, 4) is 11.5 Å². The van der Waals surface area contributed by atoms with Gasteiger partial charge in [-0.25, -0.2) is 0 Å². The fraction of sp³-hybridized carbons (Fsp3) is 0.692. The van der Waals surface area contributed by atoms with Gasteiger partial charge in [0, 0.05) is 5.92 Å². The van der Waals surface area contributed by atoms with Gasteiger partial charge in [0.05, 0.1) is 0 Å². The summed E-state index contributed by atoms with van der Waals surface area (Å²) >= 11 is 0. The average molecular weight is 565 g/mol. The van der Waals surface area contributed by atoms with Crippen molar-refractivity contribution in [2.24, 2.45) is 0 Å². The molecule has 0 spiro atoms. The molecule has 0 aromatic heterocycles. The molecule has 0 amide bonds. The second kappa shape index (κ2) is 19.3. The van der Waals surface area contributed by atoms with Crippen LogP contribution < -0.4 is 0 Å². The minimum Gasteiger partial charge on any atom is -0.507 e. The van der Waals surface area contributed by atoms with Crippen LogP contribution in [0.15, 0.2) is 12.1 Å². The maximum absolute atomic E-state index is 11.6. The molecule has 0 aliphatic rings. The molecule has 0 aliphatic heterocycles. The minimum absolute atomic E-state index is 0.288. The minimum atomic E-state index is 0.288. The van der Waals surface area contributed by atoms with Gasteiger partial charge < -0.3 is 10.2 Å². The second-order valence-electron chi connectivity index (χ2n) is 12.4. The molecule has 41 heavy (non-hydrogen) atoms. The largest absolute Gasteiger partial charge is 0.507 e. The number of phenolic OH excluding ortho intramolecular Hbond substituents is 2. The highest BCUT2D eigenvalue weighted by Crippen LogP contribution is 2.44. The maximum atomic E-state index is 11.6. The van der Waals surface area contributed by atoms with Gasteiger partial charge in [0.1, 0.15) is 11.5 Å². The summed E-state index contributed by atoms with van der Waals surface area (Å²) in [6.45, 7) is 15.9. The Morgan fingerprint density at radius 1 is 0.439 bits per heavy atom. The van der Waals surface area contributed by atoms with E-state index in [-0.39, 0.29) is 5.92 Å². The molecule has 0 atom stereocenters. The molecule has 2 nitrogen and oxygen atoms in total. The quantitative estimate of drug-likeness (QED) is 0.158. The highest BCUT2D eigenvalue weighted by molar-refractivity contribution is 5.57. The standard InChI is InChI=1S/C39H64O2/c1-8-15-21-29-27-36(32(23-17-10-3)34(38(29)40)25-19-12-5)31(14-7)37-28-30(22-16-9-2)39(41)35(26-20-13-6)33(37)24-18-11-4/h27-28,31,40-41H,8-26H2,1-7H3. The zero-order valence-corrected chi connectivity index (χ0v) is 28.1. The van der Waals surface area contributed by atoms with Crippen molar-refractivity contribution >= 4 is 0 Å². The zero-order chi connectivity index (χ0) is 30.2. The van der Waals surface area contributed by atoms with Crippen LogP contribution in [0.3, 0.4) is 0 Å². The Balaban J connectivity index is 2.94. The number of hydrogen-bond acceptors (Lipinski definition) is 2. The molecular weight excluding hydrogens is 500 g/mol. The molecule has 0 radical (unpaired) electrons. The van der Waals surface area contributed by atoms with Gasteiger partial charge in [0.15, 0.2) is 0 Å². The van der Waals surface area contributed by atoms with Crippen LogP contribution in [-0.2, 0) is 38.5 Å². The van der Waals surface area contributed by atoms with Crippen LogP contribution in [0.4, 0.5) is 0 Å². The van der Waals surface area contributed by atoms with Gasteiger partial charge in [-0.1, -0.05) is 99.1 Å². The lowest BCUT2D eigenvalue weighted by Gasteiger charge is -2.29. The molecule has 2 N–H and O–H groups in total. The van der Waals surface area contributed by atoms with Crippen molar-refractivity contribution in [3.63, 3.8) is 0 Å². The lowest BCUT2D eigenvalue weighted by Crippen LogP contribution is -2.14. The van der Waals surface area contributed by atoms with E-state index >= 15 is 0 Å². The number of hydrogen-bond donors (Lipinski definition) is 2. The Morgan fingerprint density at radius 2 is 0.732 bits per heavy atom. The molecule has 2 aromatic carbocycles. The molecule has 0 heterocycles. The van der Waals surface area contributed by atoms with Crippen molar-refractivity contribution < 1.29 is 10.2 Å². The second-order valence-corrected chi connectivity index (χ2v) is 12.4. The third kappa shape index (κ3) is 9.52. The number of benzene rings is 2. The third-order valence-corrected chi connectivity index (χ3v) is 9.14. The van der Waals surface area contributed by atoms with Gasteiger partial charge in [-0.05, 0) is 128 Å². The molecular formula is C39H64O2. The van der Waals surface area contributed by atoms with Crippen LogP contribution in [0.25, 0.3) is 0 Å². The molecule has 2 heteroatoms. The summed E-state index contributed by atoms with van der Waals surface area (Å²) in [6, 6.07) is 4.82. The number of rotatable bonds is 21. The molecule has 0 saturated heterocycles. The van der Waals surface area contributed by atoms with Gasteiger partial charge in [-0.15, -0.1) is 0 Å². The SMILES string of the molecule is CCCCc1cc(C(CC)c2cc(CCCC)c(O)c(CCCC)c2CCCC)c(CCCC)c(CCCC)c1O. The summed E-state index contributed by atoms with van der Waals surface area (Å²) in [6.07, 6.45) is 20.5. The predicted octanol–water partition coefficient (Wildman–Crippen LogP) is 11.7. The van der Waals surface area contributed by atoms with Gasteiger partial charge in [0.2, 0.25) is 0 Å². The monoisotopic (exact) mass is 564 g/mol. The van der Waals surface area contributed by atoms with E-state index in [9.17, 15) is 10.2 Å². The van der Waals surface area contributed by atoms with Crippen LogP contribution in [-0.4, -0.2) is 10.2 Å². The van der Waals surface area contributed by atoms with Gasteiger partial charge in [-0.3, -0.25) is 0 Å². The molecule has 232 valence electrons. The first-order chi connectivity index (χ1) is 19.9. The molecule has 2 aromatic rings. The van der Waals surface area contributed by atoms with Crippen LogP contribution in [0.2, 0.25) is 0 Å². The van der Waals surface area contributed by atoms with Crippen molar-refractivity contribution in [1.82, 2.24) is 0 Å². The first-order valence-corrected chi connectivity index (χ1v) is 17.7. The van der Waals surface area contributed by atoms with E-state index < -0.39 is 0 Å². The summed E-state index contributed by atoms with van der Waals surface area (Å²) < 4.78 is 0. The average Bonchev–Trinajstić information content (AvgIpc) is 2.98. The fourth-order valence-corrected chi connectivity index (χ4v) is 6.60. The lowest BCUT2D eigenvalue weighted by atomic mass is 9.76. The Hall–Kier alpha value is -1.96. The van der Waals surface area contributed by atoms with Crippen LogP contribution >= 0.6 is 0 Å². The zero-order valence-electron chi connectivity index (χ0n) is 28.1. The Bertz CT molecular complexity index is 953. The number of aryl methyl sites for hydroxylation is 2. The predicted molar refractivity (Wildman–Crippen MR) is 180 cm³/mol. The fourth-order valence-electron chi connectivity index (χ4n) is 6.60. The molecule has 0 aliphatic carbocycles. The number of phenols is 2. The summed E-state index contributed by atoms with van der Waals surface area (Å²) in [5.41, 5.74) is 10.5. The lowest BCUT2D eigenvalue weighted by molar-refractivity contribution is 0.455.